The molecule has 3 nitrogen and oxygen atoms in total. The van der Waals surface area contributed by atoms with Crippen molar-refractivity contribution in [1.29, 1.82) is 0 Å². The van der Waals surface area contributed by atoms with Crippen LogP contribution in [0.3, 0.4) is 0 Å². The third-order valence-corrected chi connectivity index (χ3v) is 3.45. The number of hydrogen-bond donors (Lipinski definition) is 1. The molecule has 0 heterocycles. The molecule has 112 valence electrons. The number of ether oxygens (including phenoxy) is 2. The minimum Gasteiger partial charge on any atom is -0.493 e. The molecule has 2 rings (SSSR count). The number of hydrogen-bond acceptors (Lipinski definition) is 3. The van der Waals surface area contributed by atoms with Crippen LogP contribution in [0, 0.1) is 0 Å². The predicted octanol–water partition coefficient (Wildman–Crippen LogP) is 3.89. The maximum Gasteiger partial charge on any atom is 0.162 e. The molecule has 0 aliphatic rings. The zero-order valence-corrected chi connectivity index (χ0v) is 12.8. The summed E-state index contributed by atoms with van der Waals surface area (Å²) in [4.78, 5) is 0. The van der Waals surface area contributed by atoms with Gasteiger partial charge in [-0.25, -0.2) is 0 Å². The minimum absolute atomic E-state index is 0.0105. The van der Waals surface area contributed by atoms with Crippen molar-refractivity contribution in [2.75, 3.05) is 7.11 Å². The number of aliphatic hydroxyl groups excluding tert-OH is 1. The van der Waals surface area contributed by atoms with E-state index < -0.39 is 0 Å². The van der Waals surface area contributed by atoms with Crippen LogP contribution < -0.4 is 9.47 Å². The molecule has 2 aromatic rings. The van der Waals surface area contributed by atoms with Crippen molar-refractivity contribution in [1.82, 2.24) is 0 Å². The Morgan fingerprint density at radius 2 is 1.62 bits per heavy atom. The first-order chi connectivity index (χ1) is 10.1. The highest BCUT2D eigenvalue weighted by atomic mass is 16.5. The molecule has 0 radical (unpaired) electrons. The number of benzene rings is 2. The van der Waals surface area contributed by atoms with Gasteiger partial charge < -0.3 is 14.6 Å². The van der Waals surface area contributed by atoms with Gasteiger partial charge in [-0.05, 0) is 34.7 Å². The molecule has 0 aliphatic heterocycles. The summed E-state index contributed by atoms with van der Waals surface area (Å²) in [6.07, 6.45) is 0. The van der Waals surface area contributed by atoms with Crippen molar-refractivity contribution in [2.24, 2.45) is 0 Å². The lowest BCUT2D eigenvalue weighted by Crippen LogP contribution is -1.99. The fraction of sp³-hybridized carbons (Fsp3) is 0.333. The largest absolute Gasteiger partial charge is 0.493 e. The van der Waals surface area contributed by atoms with E-state index in [4.69, 9.17) is 9.47 Å². The van der Waals surface area contributed by atoms with E-state index >= 15 is 0 Å². The summed E-state index contributed by atoms with van der Waals surface area (Å²) < 4.78 is 11.1. The van der Waals surface area contributed by atoms with Crippen molar-refractivity contribution >= 4 is 0 Å². The summed E-state index contributed by atoms with van der Waals surface area (Å²) in [6.45, 7) is 4.82. The molecule has 3 heteroatoms. The molecule has 0 fully saturated rings. The van der Waals surface area contributed by atoms with Crippen molar-refractivity contribution in [3.8, 4) is 11.5 Å². The third-order valence-electron chi connectivity index (χ3n) is 3.45. The summed E-state index contributed by atoms with van der Waals surface area (Å²) >= 11 is 0. The van der Waals surface area contributed by atoms with Gasteiger partial charge in [0.1, 0.15) is 6.61 Å². The van der Waals surface area contributed by atoms with E-state index in [2.05, 4.69) is 38.1 Å². The maximum absolute atomic E-state index is 9.20. The molecular weight excluding hydrogens is 264 g/mol. The Bertz CT molecular complexity index is 574. The van der Waals surface area contributed by atoms with Crippen molar-refractivity contribution in [3.05, 3.63) is 59.2 Å². The van der Waals surface area contributed by atoms with Gasteiger partial charge in [-0.2, -0.15) is 0 Å². The van der Waals surface area contributed by atoms with Crippen molar-refractivity contribution < 1.29 is 14.6 Å². The highest BCUT2D eigenvalue weighted by Crippen LogP contribution is 2.29. The Morgan fingerprint density at radius 1 is 0.952 bits per heavy atom. The molecule has 0 unspecified atom stereocenters. The van der Waals surface area contributed by atoms with Crippen LogP contribution >= 0.6 is 0 Å². The third kappa shape index (κ3) is 3.99. The van der Waals surface area contributed by atoms with Gasteiger partial charge in [0.25, 0.3) is 0 Å². The Kier molecular flexibility index (Phi) is 5.23. The Hall–Kier alpha value is -2.00. The summed E-state index contributed by atoms with van der Waals surface area (Å²) in [7, 11) is 1.61. The predicted molar refractivity (Wildman–Crippen MR) is 83.8 cm³/mol. The molecule has 0 bridgehead atoms. The van der Waals surface area contributed by atoms with E-state index in [0.717, 1.165) is 11.1 Å². The number of aliphatic hydroxyl groups is 1. The molecule has 1 N–H and O–H groups in total. The van der Waals surface area contributed by atoms with E-state index in [-0.39, 0.29) is 6.61 Å². The van der Waals surface area contributed by atoms with Crippen LogP contribution in [0.15, 0.2) is 42.5 Å². The molecule has 0 aromatic heterocycles. The van der Waals surface area contributed by atoms with Crippen LogP contribution in [-0.4, -0.2) is 12.2 Å². The standard InChI is InChI=1S/C18H22O3/c1-13(2)16-7-4-14(5-8-16)12-21-18-10-15(11-19)6-9-17(18)20-3/h4-10,13,19H,11-12H2,1-3H3. The van der Waals surface area contributed by atoms with Gasteiger partial charge in [-0.1, -0.05) is 44.2 Å². The Labute approximate surface area is 126 Å². The van der Waals surface area contributed by atoms with Gasteiger partial charge in [-0.3, -0.25) is 0 Å². The first-order valence-electron chi connectivity index (χ1n) is 7.13. The van der Waals surface area contributed by atoms with E-state index in [1.54, 1.807) is 13.2 Å². The van der Waals surface area contributed by atoms with Crippen molar-refractivity contribution in [3.63, 3.8) is 0 Å². The summed E-state index contributed by atoms with van der Waals surface area (Å²) in [5.74, 6) is 1.85. The van der Waals surface area contributed by atoms with E-state index in [1.165, 1.54) is 5.56 Å². The van der Waals surface area contributed by atoms with Gasteiger partial charge in [0, 0.05) is 0 Å². The van der Waals surface area contributed by atoms with Gasteiger partial charge in [0.2, 0.25) is 0 Å². The maximum atomic E-state index is 9.20. The van der Waals surface area contributed by atoms with Crippen LogP contribution in [-0.2, 0) is 13.2 Å². The fourth-order valence-electron chi connectivity index (χ4n) is 2.09. The number of rotatable bonds is 6. The average molecular weight is 286 g/mol. The van der Waals surface area contributed by atoms with Crippen LogP contribution in [0.1, 0.15) is 36.5 Å². The van der Waals surface area contributed by atoms with Crippen LogP contribution in [0.2, 0.25) is 0 Å². The average Bonchev–Trinajstić information content (AvgIpc) is 2.52. The first-order valence-corrected chi connectivity index (χ1v) is 7.13. The Morgan fingerprint density at radius 3 is 2.19 bits per heavy atom. The van der Waals surface area contributed by atoms with Gasteiger partial charge in [0.05, 0.1) is 13.7 Å². The second kappa shape index (κ2) is 7.14. The van der Waals surface area contributed by atoms with Gasteiger partial charge in [0.15, 0.2) is 11.5 Å². The van der Waals surface area contributed by atoms with Crippen LogP contribution in [0.5, 0.6) is 11.5 Å². The minimum atomic E-state index is -0.0105. The molecular formula is C18H22O3. The van der Waals surface area contributed by atoms with Gasteiger partial charge >= 0.3 is 0 Å². The molecule has 0 amide bonds. The molecule has 0 spiro atoms. The van der Waals surface area contributed by atoms with E-state index in [9.17, 15) is 5.11 Å². The molecule has 0 atom stereocenters. The molecule has 0 saturated carbocycles. The lowest BCUT2D eigenvalue weighted by Gasteiger charge is -2.12. The second-order valence-corrected chi connectivity index (χ2v) is 5.33. The highest BCUT2D eigenvalue weighted by Gasteiger charge is 2.06. The monoisotopic (exact) mass is 286 g/mol. The molecule has 21 heavy (non-hydrogen) atoms. The van der Waals surface area contributed by atoms with E-state index in [1.807, 2.05) is 12.1 Å². The highest BCUT2D eigenvalue weighted by molar-refractivity contribution is 5.43. The molecule has 2 aromatic carbocycles. The summed E-state index contributed by atoms with van der Waals surface area (Å²) in [6, 6.07) is 13.9. The first kappa shape index (κ1) is 15.4. The smallest absolute Gasteiger partial charge is 0.162 e. The second-order valence-electron chi connectivity index (χ2n) is 5.33. The lowest BCUT2D eigenvalue weighted by molar-refractivity contribution is 0.271. The number of methoxy groups -OCH3 is 1. The quantitative estimate of drug-likeness (QED) is 0.875. The fourth-order valence-corrected chi connectivity index (χ4v) is 2.09. The lowest BCUT2D eigenvalue weighted by atomic mass is 10.0. The van der Waals surface area contributed by atoms with Crippen molar-refractivity contribution in [2.45, 2.75) is 33.0 Å². The normalized spacial score (nSPS) is 10.7. The summed E-state index contributed by atoms with van der Waals surface area (Å²) in [5.41, 5.74) is 3.23. The van der Waals surface area contributed by atoms with E-state index in [0.29, 0.717) is 24.0 Å². The molecule has 0 aliphatic carbocycles. The SMILES string of the molecule is COc1ccc(CO)cc1OCc1ccc(C(C)C)cc1. The van der Waals surface area contributed by atoms with Crippen LogP contribution in [0.25, 0.3) is 0 Å². The Balaban J connectivity index is 2.08. The topological polar surface area (TPSA) is 38.7 Å². The van der Waals surface area contributed by atoms with Crippen LogP contribution in [0.4, 0.5) is 0 Å². The molecule has 0 saturated heterocycles. The zero-order valence-electron chi connectivity index (χ0n) is 12.8. The van der Waals surface area contributed by atoms with Gasteiger partial charge in [-0.15, -0.1) is 0 Å². The zero-order chi connectivity index (χ0) is 15.2. The summed E-state index contributed by atoms with van der Waals surface area (Å²) in [5, 5.41) is 9.20.